The first-order chi connectivity index (χ1) is 12.5. The number of carbonyl (C=O) groups excluding carboxylic acids is 1. The number of amides is 1. The molecule has 26 heavy (non-hydrogen) atoms. The molecule has 0 aliphatic heterocycles. The Kier molecular flexibility index (Phi) is 5.50. The average molecular weight is 391 g/mol. The molecule has 1 aromatic heterocycles. The number of hydrogen-bond donors (Lipinski definition) is 1. The smallest absolute Gasteiger partial charge is 0.315 e. The molecule has 0 atom stereocenters. The maximum atomic E-state index is 11.7. The van der Waals surface area contributed by atoms with Gasteiger partial charge in [0.15, 0.2) is 0 Å². The fraction of sp³-hybridized carbons (Fsp3) is 0.0588. The third kappa shape index (κ3) is 4.38. The van der Waals surface area contributed by atoms with Crippen molar-refractivity contribution in [2.75, 3.05) is 5.32 Å². The zero-order valence-corrected chi connectivity index (χ0v) is 15.0. The van der Waals surface area contributed by atoms with Crippen LogP contribution >= 0.6 is 23.2 Å². The molecule has 7 nitrogen and oxygen atoms in total. The molecule has 3 rings (SSSR count). The summed E-state index contributed by atoms with van der Waals surface area (Å²) in [5, 5.41) is 10.4. The van der Waals surface area contributed by atoms with Crippen LogP contribution in [0.3, 0.4) is 0 Å². The van der Waals surface area contributed by atoms with Crippen molar-refractivity contribution < 1.29 is 14.2 Å². The predicted octanol–water partition coefficient (Wildman–Crippen LogP) is 4.93. The van der Waals surface area contributed by atoms with Gasteiger partial charge < -0.3 is 4.52 Å². The van der Waals surface area contributed by atoms with Crippen molar-refractivity contribution in [3.8, 4) is 11.4 Å². The number of nitrogens with one attached hydrogen (secondary N) is 1. The van der Waals surface area contributed by atoms with Crippen LogP contribution in [0.5, 0.6) is 0 Å². The van der Waals surface area contributed by atoms with Crippen LogP contribution in [0.4, 0.5) is 10.8 Å². The molecule has 0 fully saturated rings. The SMILES string of the molecule is Cc1cccc(-c2noc(NC(=O)O/N=C\c3c(Cl)cccc3Cl)n2)c1. The highest BCUT2D eigenvalue weighted by Gasteiger charge is 2.12. The zero-order valence-electron chi connectivity index (χ0n) is 13.4. The summed E-state index contributed by atoms with van der Waals surface area (Å²) < 4.78 is 4.97. The minimum Gasteiger partial charge on any atom is -0.315 e. The van der Waals surface area contributed by atoms with Gasteiger partial charge >= 0.3 is 12.1 Å². The Morgan fingerprint density at radius 3 is 2.69 bits per heavy atom. The third-order valence-corrected chi connectivity index (χ3v) is 3.89. The van der Waals surface area contributed by atoms with Crippen molar-refractivity contribution in [1.82, 2.24) is 10.1 Å². The van der Waals surface area contributed by atoms with Crippen LogP contribution in [0.1, 0.15) is 11.1 Å². The fourth-order valence-corrected chi connectivity index (χ4v) is 2.54. The number of hydrogen-bond acceptors (Lipinski definition) is 6. The second kappa shape index (κ2) is 7.99. The topological polar surface area (TPSA) is 89.6 Å². The van der Waals surface area contributed by atoms with E-state index in [2.05, 4.69) is 25.5 Å². The van der Waals surface area contributed by atoms with Gasteiger partial charge in [-0.2, -0.15) is 4.98 Å². The van der Waals surface area contributed by atoms with Crippen LogP contribution in [0.15, 0.2) is 52.1 Å². The molecule has 9 heteroatoms. The molecule has 3 aromatic rings. The number of oxime groups is 1. The number of rotatable bonds is 4. The Hall–Kier alpha value is -2.90. The molecule has 0 aliphatic carbocycles. The monoisotopic (exact) mass is 390 g/mol. The minimum absolute atomic E-state index is 0.113. The summed E-state index contributed by atoms with van der Waals surface area (Å²) in [4.78, 5) is 20.5. The number of benzene rings is 2. The second-order valence-electron chi connectivity index (χ2n) is 5.17. The van der Waals surface area contributed by atoms with E-state index in [0.717, 1.165) is 11.1 Å². The maximum absolute atomic E-state index is 11.7. The molecule has 132 valence electrons. The molecule has 0 aliphatic rings. The molecule has 1 N–H and O–H groups in total. The van der Waals surface area contributed by atoms with Gasteiger partial charge in [-0.1, -0.05) is 63.3 Å². The Bertz CT molecular complexity index is 952. The van der Waals surface area contributed by atoms with E-state index in [4.69, 9.17) is 27.7 Å². The molecule has 1 amide bonds. The van der Waals surface area contributed by atoms with Crippen LogP contribution in [0.2, 0.25) is 10.0 Å². The number of aromatic nitrogens is 2. The lowest BCUT2D eigenvalue weighted by atomic mass is 10.1. The van der Waals surface area contributed by atoms with E-state index < -0.39 is 6.09 Å². The Morgan fingerprint density at radius 1 is 1.23 bits per heavy atom. The molecule has 0 unspecified atom stereocenters. The molecule has 2 aromatic carbocycles. The van der Waals surface area contributed by atoms with Gasteiger partial charge in [0.05, 0.1) is 16.3 Å². The van der Waals surface area contributed by atoms with E-state index in [0.29, 0.717) is 21.4 Å². The summed E-state index contributed by atoms with van der Waals surface area (Å²) in [6.07, 6.45) is 0.333. The summed E-state index contributed by atoms with van der Waals surface area (Å²) in [5.41, 5.74) is 2.25. The average Bonchev–Trinajstić information content (AvgIpc) is 3.06. The van der Waals surface area contributed by atoms with Gasteiger partial charge in [-0.15, -0.1) is 0 Å². The van der Waals surface area contributed by atoms with Crippen molar-refractivity contribution in [3.05, 3.63) is 63.6 Å². The Morgan fingerprint density at radius 2 is 1.96 bits per heavy atom. The summed E-state index contributed by atoms with van der Waals surface area (Å²) in [5.74, 6) is 0.343. The van der Waals surface area contributed by atoms with E-state index in [1.807, 2.05) is 31.2 Å². The van der Waals surface area contributed by atoms with Crippen LogP contribution in [0.25, 0.3) is 11.4 Å². The normalized spacial score (nSPS) is 10.9. The minimum atomic E-state index is -0.899. The van der Waals surface area contributed by atoms with Crippen molar-refractivity contribution in [2.24, 2.45) is 5.16 Å². The van der Waals surface area contributed by atoms with Gasteiger partial charge in [0.2, 0.25) is 5.82 Å². The van der Waals surface area contributed by atoms with E-state index in [-0.39, 0.29) is 6.01 Å². The highest BCUT2D eigenvalue weighted by atomic mass is 35.5. The number of anilines is 1. The quantitative estimate of drug-likeness (QED) is 0.387. The highest BCUT2D eigenvalue weighted by molar-refractivity contribution is 6.38. The van der Waals surface area contributed by atoms with Crippen molar-refractivity contribution >= 4 is 41.5 Å². The maximum Gasteiger partial charge on any atom is 0.441 e. The Labute approximate surface area is 158 Å². The van der Waals surface area contributed by atoms with Crippen LogP contribution in [0, 0.1) is 6.92 Å². The standard InChI is InChI=1S/C17H12Cl2N4O3/c1-10-4-2-5-11(8-10)15-21-16(25-23-15)22-17(24)26-20-9-12-13(18)6-3-7-14(12)19/h2-9H,1H3,(H,21,22,23,24)/b20-9-. The van der Waals surface area contributed by atoms with Gasteiger partial charge in [-0.3, -0.25) is 4.84 Å². The summed E-state index contributed by atoms with van der Waals surface area (Å²) in [6, 6.07) is 12.4. The molecule has 1 heterocycles. The van der Waals surface area contributed by atoms with Crippen LogP contribution in [-0.2, 0) is 4.84 Å². The molecule has 0 bridgehead atoms. The van der Waals surface area contributed by atoms with E-state index in [1.165, 1.54) is 6.21 Å². The van der Waals surface area contributed by atoms with Crippen molar-refractivity contribution in [1.29, 1.82) is 0 Å². The molecular formula is C17H12Cl2N4O3. The van der Waals surface area contributed by atoms with Gasteiger partial charge in [0.1, 0.15) is 0 Å². The number of carbonyl (C=O) groups is 1. The summed E-state index contributed by atoms with van der Waals surface area (Å²) >= 11 is 12.0. The van der Waals surface area contributed by atoms with E-state index >= 15 is 0 Å². The first-order valence-electron chi connectivity index (χ1n) is 7.39. The van der Waals surface area contributed by atoms with E-state index in [9.17, 15) is 4.79 Å². The lowest BCUT2D eigenvalue weighted by Gasteiger charge is -2.00. The number of aryl methyl sites for hydroxylation is 1. The lowest BCUT2D eigenvalue weighted by molar-refractivity contribution is 0.166. The van der Waals surface area contributed by atoms with Crippen LogP contribution < -0.4 is 5.32 Å². The molecule has 0 saturated carbocycles. The third-order valence-electron chi connectivity index (χ3n) is 3.23. The lowest BCUT2D eigenvalue weighted by Crippen LogP contribution is -2.11. The van der Waals surface area contributed by atoms with Crippen molar-refractivity contribution in [3.63, 3.8) is 0 Å². The predicted molar refractivity (Wildman–Crippen MR) is 98.6 cm³/mol. The van der Waals surface area contributed by atoms with Gasteiger partial charge in [0.25, 0.3) is 0 Å². The largest absolute Gasteiger partial charge is 0.441 e. The van der Waals surface area contributed by atoms with Gasteiger partial charge in [-0.25, -0.2) is 10.1 Å². The number of nitrogens with zero attached hydrogens (tertiary/aromatic N) is 3. The van der Waals surface area contributed by atoms with Gasteiger partial charge in [-0.05, 0) is 25.1 Å². The molecule has 0 spiro atoms. The Balaban J connectivity index is 1.61. The first-order valence-corrected chi connectivity index (χ1v) is 8.14. The second-order valence-corrected chi connectivity index (χ2v) is 5.98. The van der Waals surface area contributed by atoms with Crippen LogP contribution in [-0.4, -0.2) is 22.4 Å². The molecule has 0 radical (unpaired) electrons. The van der Waals surface area contributed by atoms with Gasteiger partial charge in [0, 0.05) is 11.1 Å². The first kappa shape index (κ1) is 17.9. The number of halogens is 2. The summed E-state index contributed by atoms with van der Waals surface area (Å²) in [7, 11) is 0. The fourth-order valence-electron chi connectivity index (χ4n) is 2.05. The summed E-state index contributed by atoms with van der Waals surface area (Å²) in [6.45, 7) is 1.95. The van der Waals surface area contributed by atoms with E-state index in [1.54, 1.807) is 18.2 Å². The molecule has 0 saturated heterocycles. The zero-order chi connectivity index (χ0) is 18.5. The molecular weight excluding hydrogens is 379 g/mol. The highest BCUT2D eigenvalue weighted by Crippen LogP contribution is 2.22. The van der Waals surface area contributed by atoms with Crippen molar-refractivity contribution in [2.45, 2.75) is 6.92 Å².